The van der Waals surface area contributed by atoms with Gasteiger partial charge in [0.2, 0.25) is 0 Å². The van der Waals surface area contributed by atoms with Crippen LogP contribution in [0.2, 0.25) is 0 Å². The predicted molar refractivity (Wildman–Crippen MR) is 63.9 cm³/mol. The number of rotatable bonds is 4. The van der Waals surface area contributed by atoms with Crippen LogP contribution in [0.25, 0.3) is 0 Å². The van der Waals surface area contributed by atoms with E-state index in [9.17, 15) is 4.39 Å². The zero-order chi connectivity index (χ0) is 12.3. The van der Waals surface area contributed by atoms with Crippen LogP contribution in [0.4, 0.5) is 4.39 Å². The van der Waals surface area contributed by atoms with E-state index in [-0.39, 0.29) is 11.7 Å². The van der Waals surface area contributed by atoms with Gasteiger partial charge >= 0.3 is 0 Å². The summed E-state index contributed by atoms with van der Waals surface area (Å²) in [6, 6.07) is 4.83. The molecule has 0 fully saturated rings. The largest absolute Gasteiger partial charge is 0.497 e. The Balaban J connectivity index is 3.13. The Bertz CT molecular complexity index is 363. The molecule has 1 aromatic rings. The molecule has 0 aliphatic carbocycles. The van der Waals surface area contributed by atoms with E-state index in [0.717, 1.165) is 6.42 Å². The first-order chi connectivity index (χ1) is 7.43. The Hall–Kier alpha value is -1.09. The highest BCUT2D eigenvalue weighted by Gasteiger charge is 2.30. The summed E-state index contributed by atoms with van der Waals surface area (Å²) in [7, 11) is 1.52. The Morgan fingerprint density at radius 3 is 2.56 bits per heavy atom. The molecule has 1 rings (SSSR count). The number of halogens is 1. The van der Waals surface area contributed by atoms with Crippen molar-refractivity contribution < 1.29 is 9.13 Å². The Kier molecular flexibility index (Phi) is 3.92. The summed E-state index contributed by atoms with van der Waals surface area (Å²) < 4.78 is 18.8. The molecule has 0 radical (unpaired) electrons. The summed E-state index contributed by atoms with van der Waals surface area (Å²) in [5, 5.41) is 0. The van der Waals surface area contributed by atoms with Crippen molar-refractivity contribution in [2.24, 2.45) is 11.7 Å². The summed E-state index contributed by atoms with van der Waals surface area (Å²) in [6.07, 6.45) is 0.915. The van der Waals surface area contributed by atoms with Crippen LogP contribution in [-0.4, -0.2) is 7.11 Å². The van der Waals surface area contributed by atoms with E-state index in [0.29, 0.717) is 11.3 Å². The first kappa shape index (κ1) is 13.0. The third-order valence-electron chi connectivity index (χ3n) is 3.39. The van der Waals surface area contributed by atoms with Crippen LogP contribution in [0.3, 0.4) is 0 Å². The van der Waals surface area contributed by atoms with Gasteiger partial charge in [0.1, 0.15) is 11.6 Å². The molecule has 0 aromatic heterocycles. The molecule has 0 aliphatic heterocycles. The SMILES string of the molecule is CCC(C)C(C)(N)c1ccc(OC)cc1F. The fraction of sp³-hybridized carbons (Fsp3) is 0.538. The zero-order valence-electron chi connectivity index (χ0n) is 10.4. The van der Waals surface area contributed by atoms with E-state index < -0.39 is 5.54 Å². The van der Waals surface area contributed by atoms with Crippen molar-refractivity contribution in [3.8, 4) is 5.75 Å². The molecule has 0 saturated carbocycles. The summed E-state index contributed by atoms with van der Waals surface area (Å²) in [5.41, 5.74) is 6.10. The van der Waals surface area contributed by atoms with Crippen molar-refractivity contribution in [2.75, 3.05) is 7.11 Å². The first-order valence-corrected chi connectivity index (χ1v) is 5.56. The summed E-state index contributed by atoms with van der Waals surface area (Å²) in [4.78, 5) is 0. The van der Waals surface area contributed by atoms with Gasteiger partial charge in [-0.15, -0.1) is 0 Å². The van der Waals surface area contributed by atoms with Gasteiger partial charge in [0, 0.05) is 17.2 Å². The summed E-state index contributed by atoms with van der Waals surface area (Å²) >= 11 is 0. The van der Waals surface area contributed by atoms with E-state index in [1.54, 1.807) is 12.1 Å². The lowest BCUT2D eigenvalue weighted by atomic mass is 9.80. The molecule has 0 amide bonds. The standard InChI is InChI=1S/C13H20FNO/c1-5-9(2)13(3,15)11-7-6-10(16-4)8-12(11)14/h6-9H,5,15H2,1-4H3. The molecule has 0 heterocycles. The van der Waals surface area contributed by atoms with E-state index in [1.807, 2.05) is 13.8 Å². The number of benzene rings is 1. The maximum atomic E-state index is 13.9. The van der Waals surface area contributed by atoms with Crippen LogP contribution in [0.15, 0.2) is 18.2 Å². The smallest absolute Gasteiger partial charge is 0.131 e. The molecule has 90 valence electrons. The first-order valence-electron chi connectivity index (χ1n) is 5.56. The highest BCUT2D eigenvalue weighted by atomic mass is 19.1. The molecular formula is C13H20FNO. The lowest BCUT2D eigenvalue weighted by molar-refractivity contribution is 0.304. The van der Waals surface area contributed by atoms with Crippen molar-refractivity contribution >= 4 is 0 Å². The van der Waals surface area contributed by atoms with Crippen LogP contribution in [-0.2, 0) is 5.54 Å². The van der Waals surface area contributed by atoms with Gasteiger partial charge in [-0.2, -0.15) is 0 Å². The van der Waals surface area contributed by atoms with Gasteiger partial charge in [0.15, 0.2) is 0 Å². The number of hydrogen-bond acceptors (Lipinski definition) is 2. The van der Waals surface area contributed by atoms with E-state index >= 15 is 0 Å². The molecule has 0 saturated heterocycles. The van der Waals surface area contributed by atoms with Crippen molar-refractivity contribution in [3.63, 3.8) is 0 Å². The van der Waals surface area contributed by atoms with Crippen molar-refractivity contribution in [1.82, 2.24) is 0 Å². The molecule has 0 bridgehead atoms. The fourth-order valence-corrected chi connectivity index (χ4v) is 1.75. The average molecular weight is 225 g/mol. The molecule has 1 aromatic carbocycles. The van der Waals surface area contributed by atoms with Crippen molar-refractivity contribution in [2.45, 2.75) is 32.7 Å². The second-order valence-corrected chi connectivity index (χ2v) is 4.44. The van der Waals surface area contributed by atoms with Gasteiger partial charge in [0.25, 0.3) is 0 Å². The quantitative estimate of drug-likeness (QED) is 0.854. The lowest BCUT2D eigenvalue weighted by Gasteiger charge is -2.32. The molecule has 0 spiro atoms. The second-order valence-electron chi connectivity index (χ2n) is 4.44. The predicted octanol–water partition coefficient (Wildman–Crippen LogP) is 3.05. The lowest BCUT2D eigenvalue weighted by Crippen LogP contribution is -2.40. The Labute approximate surface area is 96.6 Å². The molecule has 2 unspecified atom stereocenters. The van der Waals surface area contributed by atoms with Gasteiger partial charge < -0.3 is 10.5 Å². The monoisotopic (exact) mass is 225 g/mol. The highest BCUT2D eigenvalue weighted by molar-refractivity contribution is 5.33. The van der Waals surface area contributed by atoms with E-state index in [1.165, 1.54) is 13.2 Å². The minimum atomic E-state index is -0.648. The molecule has 2 atom stereocenters. The number of ether oxygens (including phenoxy) is 1. The molecular weight excluding hydrogens is 205 g/mol. The zero-order valence-corrected chi connectivity index (χ0v) is 10.4. The van der Waals surface area contributed by atoms with Crippen LogP contribution >= 0.6 is 0 Å². The van der Waals surface area contributed by atoms with Gasteiger partial charge in [-0.1, -0.05) is 26.3 Å². The minimum absolute atomic E-state index is 0.218. The highest BCUT2D eigenvalue weighted by Crippen LogP contribution is 2.31. The maximum Gasteiger partial charge on any atom is 0.131 e. The maximum absolute atomic E-state index is 13.9. The Morgan fingerprint density at radius 2 is 2.12 bits per heavy atom. The molecule has 3 heteroatoms. The van der Waals surface area contributed by atoms with Gasteiger partial charge in [-0.25, -0.2) is 4.39 Å². The van der Waals surface area contributed by atoms with Gasteiger partial charge in [0.05, 0.1) is 7.11 Å². The molecule has 0 aliphatic rings. The number of nitrogens with two attached hydrogens (primary N) is 1. The molecule has 2 N–H and O–H groups in total. The van der Waals surface area contributed by atoms with Gasteiger partial charge in [-0.05, 0) is 18.9 Å². The average Bonchev–Trinajstić information content (AvgIpc) is 2.27. The van der Waals surface area contributed by atoms with Gasteiger partial charge in [-0.3, -0.25) is 0 Å². The third kappa shape index (κ3) is 2.35. The van der Waals surface area contributed by atoms with Crippen LogP contribution in [0, 0.1) is 11.7 Å². The van der Waals surface area contributed by atoms with Crippen LogP contribution < -0.4 is 10.5 Å². The van der Waals surface area contributed by atoms with Crippen molar-refractivity contribution in [3.05, 3.63) is 29.6 Å². The summed E-state index contributed by atoms with van der Waals surface area (Å²) in [6.45, 7) is 5.95. The third-order valence-corrected chi connectivity index (χ3v) is 3.39. The second kappa shape index (κ2) is 4.83. The number of hydrogen-bond donors (Lipinski definition) is 1. The minimum Gasteiger partial charge on any atom is -0.497 e. The van der Waals surface area contributed by atoms with Crippen LogP contribution in [0.1, 0.15) is 32.8 Å². The number of methoxy groups -OCH3 is 1. The molecule has 16 heavy (non-hydrogen) atoms. The van der Waals surface area contributed by atoms with Crippen molar-refractivity contribution in [1.29, 1.82) is 0 Å². The summed E-state index contributed by atoms with van der Waals surface area (Å²) in [5.74, 6) is 0.432. The molecule has 2 nitrogen and oxygen atoms in total. The van der Waals surface area contributed by atoms with E-state index in [4.69, 9.17) is 10.5 Å². The fourth-order valence-electron chi connectivity index (χ4n) is 1.75. The Morgan fingerprint density at radius 1 is 1.50 bits per heavy atom. The van der Waals surface area contributed by atoms with E-state index in [2.05, 4.69) is 6.92 Å². The normalized spacial score (nSPS) is 16.6. The topological polar surface area (TPSA) is 35.2 Å². The van der Waals surface area contributed by atoms with Crippen LogP contribution in [0.5, 0.6) is 5.75 Å².